The molecule has 1 aromatic carbocycles. The Labute approximate surface area is 115 Å². The van der Waals surface area contributed by atoms with Crippen LogP contribution >= 0.6 is 0 Å². The molecule has 0 saturated carbocycles. The molecule has 0 aliphatic carbocycles. The summed E-state index contributed by atoms with van der Waals surface area (Å²) in [6.07, 6.45) is 1.57. The molecule has 0 bridgehead atoms. The third-order valence-corrected chi connectivity index (χ3v) is 5.64. The second-order valence-electron chi connectivity index (χ2n) is 4.93. The van der Waals surface area contributed by atoms with E-state index in [9.17, 15) is 8.42 Å². The van der Waals surface area contributed by atoms with Gasteiger partial charge in [-0.1, -0.05) is 19.1 Å². The summed E-state index contributed by atoms with van der Waals surface area (Å²) in [5.74, 6) is 1.39. The molecular weight excluding hydrogens is 262 g/mol. The molecule has 4 nitrogen and oxygen atoms in total. The maximum atomic E-state index is 12.0. The fraction of sp³-hybridized carbons (Fsp3) is 0.571. The van der Waals surface area contributed by atoms with E-state index in [0.717, 1.165) is 12.2 Å². The summed E-state index contributed by atoms with van der Waals surface area (Å²) in [7, 11) is -1.41. The fourth-order valence-electron chi connectivity index (χ4n) is 2.52. The highest BCUT2D eigenvalue weighted by atomic mass is 32.2. The lowest BCUT2D eigenvalue weighted by atomic mass is 9.99. The Morgan fingerprint density at radius 2 is 2.00 bits per heavy atom. The predicted molar refractivity (Wildman–Crippen MR) is 76.0 cm³/mol. The molecule has 1 aromatic rings. The minimum atomic E-state index is -3.06. The van der Waals surface area contributed by atoms with Crippen LogP contribution in [-0.4, -0.2) is 38.7 Å². The van der Waals surface area contributed by atoms with Crippen LogP contribution in [0.3, 0.4) is 0 Å². The Morgan fingerprint density at radius 1 is 1.32 bits per heavy atom. The van der Waals surface area contributed by atoms with E-state index in [1.165, 1.54) is 5.56 Å². The monoisotopic (exact) mass is 283 g/mol. The Balaban J connectivity index is 2.05. The Kier molecular flexibility index (Phi) is 4.47. The summed E-state index contributed by atoms with van der Waals surface area (Å²) in [4.78, 5) is 0. The van der Waals surface area contributed by atoms with Gasteiger partial charge in [0.2, 0.25) is 10.0 Å². The molecule has 1 unspecified atom stereocenters. The third kappa shape index (κ3) is 3.28. The summed E-state index contributed by atoms with van der Waals surface area (Å²) in [6.45, 7) is 3.14. The van der Waals surface area contributed by atoms with E-state index in [1.54, 1.807) is 11.4 Å². The minimum Gasteiger partial charge on any atom is -0.497 e. The quantitative estimate of drug-likeness (QED) is 0.832. The van der Waals surface area contributed by atoms with Crippen LogP contribution in [0.4, 0.5) is 0 Å². The molecule has 1 aliphatic heterocycles. The molecule has 0 amide bonds. The van der Waals surface area contributed by atoms with Crippen molar-refractivity contribution in [2.75, 3.05) is 26.0 Å². The second-order valence-corrected chi connectivity index (χ2v) is 7.02. The first kappa shape index (κ1) is 14.3. The van der Waals surface area contributed by atoms with Gasteiger partial charge in [0.15, 0.2) is 0 Å². The van der Waals surface area contributed by atoms with E-state index < -0.39 is 10.0 Å². The average molecular weight is 283 g/mol. The highest BCUT2D eigenvalue weighted by Gasteiger charge is 2.31. The molecule has 2 rings (SSSR count). The van der Waals surface area contributed by atoms with E-state index in [2.05, 4.69) is 0 Å². The summed E-state index contributed by atoms with van der Waals surface area (Å²) >= 11 is 0. The zero-order valence-corrected chi connectivity index (χ0v) is 12.3. The standard InChI is InChI=1S/C14H21NO3S/c1-3-10-19(16,17)15-9-8-13(11-15)12-4-6-14(18-2)7-5-12/h4-7,13H,3,8-11H2,1-2H3. The van der Waals surface area contributed by atoms with Gasteiger partial charge in [-0.05, 0) is 36.5 Å². The van der Waals surface area contributed by atoms with Gasteiger partial charge in [0, 0.05) is 13.1 Å². The van der Waals surface area contributed by atoms with Crippen LogP contribution in [-0.2, 0) is 10.0 Å². The normalized spacial score (nSPS) is 20.6. The van der Waals surface area contributed by atoms with Crippen LogP contribution in [0.15, 0.2) is 24.3 Å². The molecule has 1 saturated heterocycles. The van der Waals surface area contributed by atoms with Gasteiger partial charge in [-0.2, -0.15) is 0 Å². The predicted octanol–water partition coefficient (Wildman–Crippen LogP) is 2.22. The highest BCUT2D eigenvalue weighted by Crippen LogP contribution is 2.30. The van der Waals surface area contributed by atoms with Crippen molar-refractivity contribution < 1.29 is 13.2 Å². The van der Waals surface area contributed by atoms with Crippen LogP contribution in [0.25, 0.3) is 0 Å². The van der Waals surface area contributed by atoms with Crippen molar-refractivity contribution >= 4 is 10.0 Å². The van der Waals surface area contributed by atoms with Gasteiger partial charge < -0.3 is 4.74 Å². The number of rotatable bonds is 5. The number of methoxy groups -OCH3 is 1. The molecule has 1 atom stereocenters. The number of hydrogen-bond donors (Lipinski definition) is 0. The first-order chi connectivity index (χ1) is 9.06. The topological polar surface area (TPSA) is 46.6 Å². The highest BCUT2D eigenvalue weighted by molar-refractivity contribution is 7.89. The Bertz CT molecular complexity index is 510. The summed E-state index contributed by atoms with van der Waals surface area (Å²) in [5.41, 5.74) is 1.19. The van der Waals surface area contributed by atoms with Crippen molar-refractivity contribution in [3.63, 3.8) is 0 Å². The molecule has 0 spiro atoms. The second kappa shape index (κ2) is 5.92. The van der Waals surface area contributed by atoms with E-state index >= 15 is 0 Å². The van der Waals surface area contributed by atoms with Crippen molar-refractivity contribution in [3.05, 3.63) is 29.8 Å². The summed E-state index contributed by atoms with van der Waals surface area (Å²) in [6, 6.07) is 7.91. The van der Waals surface area contributed by atoms with Crippen molar-refractivity contribution in [1.82, 2.24) is 4.31 Å². The SMILES string of the molecule is CCCS(=O)(=O)N1CCC(c2ccc(OC)cc2)C1. The molecule has 1 fully saturated rings. The summed E-state index contributed by atoms with van der Waals surface area (Å²) < 4.78 is 30.8. The van der Waals surface area contributed by atoms with Crippen LogP contribution in [0.5, 0.6) is 5.75 Å². The van der Waals surface area contributed by atoms with Gasteiger partial charge in [-0.15, -0.1) is 0 Å². The lowest BCUT2D eigenvalue weighted by molar-refractivity contribution is 0.414. The van der Waals surface area contributed by atoms with Crippen LogP contribution < -0.4 is 4.74 Å². The maximum absolute atomic E-state index is 12.0. The number of nitrogens with zero attached hydrogens (tertiary/aromatic N) is 1. The number of benzene rings is 1. The van der Waals surface area contributed by atoms with Crippen molar-refractivity contribution in [1.29, 1.82) is 0 Å². The van der Waals surface area contributed by atoms with E-state index in [0.29, 0.717) is 25.4 Å². The molecule has 106 valence electrons. The van der Waals surface area contributed by atoms with Gasteiger partial charge >= 0.3 is 0 Å². The Morgan fingerprint density at radius 3 is 2.58 bits per heavy atom. The van der Waals surface area contributed by atoms with Gasteiger partial charge in [-0.3, -0.25) is 0 Å². The van der Waals surface area contributed by atoms with Gasteiger partial charge in [0.25, 0.3) is 0 Å². The molecular formula is C14H21NO3S. The number of hydrogen-bond acceptors (Lipinski definition) is 3. The number of ether oxygens (including phenoxy) is 1. The average Bonchev–Trinajstić information content (AvgIpc) is 2.89. The zero-order chi connectivity index (χ0) is 13.9. The lowest BCUT2D eigenvalue weighted by Crippen LogP contribution is -2.30. The molecule has 0 aromatic heterocycles. The van der Waals surface area contributed by atoms with Gasteiger partial charge in [-0.25, -0.2) is 12.7 Å². The first-order valence-electron chi connectivity index (χ1n) is 6.68. The zero-order valence-electron chi connectivity index (χ0n) is 11.5. The van der Waals surface area contributed by atoms with E-state index in [1.807, 2.05) is 31.2 Å². The molecule has 1 aliphatic rings. The molecule has 0 radical (unpaired) electrons. The molecule has 0 N–H and O–H groups in total. The molecule has 5 heteroatoms. The van der Waals surface area contributed by atoms with Crippen LogP contribution in [0.1, 0.15) is 31.2 Å². The minimum absolute atomic E-state index is 0.252. The maximum Gasteiger partial charge on any atom is 0.214 e. The van der Waals surface area contributed by atoms with Gasteiger partial charge in [0.05, 0.1) is 12.9 Å². The Hall–Kier alpha value is -1.07. The van der Waals surface area contributed by atoms with Gasteiger partial charge in [0.1, 0.15) is 5.75 Å². The first-order valence-corrected chi connectivity index (χ1v) is 8.29. The molecule has 19 heavy (non-hydrogen) atoms. The van der Waals surface area contributed by atoms with Crippen molar-refractivity contribution in [2.24, 2.45) is 0 Å². The van der Waals surface area contributed by atoms with Crippen LogP contribution in [0.2, 0.25) is 0 Å². The van der Waals surface area contributed by atoms with E-state index in [4.69, 9.17) is 4.74 Å². The van der Waals surface area contributed by atoms with E-state index in [-0.39, 0.29) is 5.75 Å². The van der Waals surface area contributed by atoms with Crippen molar-refractivity contribution in [2.45, 2.75) is 25.7 Å². The lowest BCUT2D eigenvalue weighted by Gasteiger charge is -2.16. The van der Waals surface area contributed by atoms with Crippen molar-refractivity contribution in [3.8, 4) is 5.75 Å². The third-order valence-electron chi connectivity index (χ3n) is 3.59. The molecule has 1 heterocycles. The fourth-order valence-corrected chi connectivity index (χ4v) is 4.08. The summed E-state index contributed by atoms with van der Waals surface area (Å²) in [5, 5.41) is 0. The number of sulfonamides is 1. The smallest absolute Gasteiger partial charge is 0.214 e. The largest absolute Gasteiger partial charge is 0.497 e. The van der Waals surface area contributed by atoms with Crippen LogP contribution in [0, 0.1) is 0 Å².